The summed E-state index contributed by atoms with van der Waals surface area (Å²) < 4.78 is 0. The second-order valence-corrected chi connectivity index (χ2v) is 1.61. The molecule has 0 saturated carbocycles. The second-order valence-electron chi connectivity index (χ2n) is 1.37. The first-order valence-corrected chi connectivity index (χ1v) is 2.31. The van der Waals surface area contributed by atoms with Crippen molar-refractivity contribution in [2.45, 2.75) is 13.8 Å². The molecule has 0 atom stereocenters. The van der Waals surface area contributed by atoms with Gasteiger partial charge in [-0.25, -0.2) is 0 Å². The van der Waals surface area contributed by atoms with E-state index in [0.29, 0.717) is 5.92 Å². The molecule has 0 N–H and O–H groups in total. The summed E-state index contributed by atoms with van der Waals surface area (Å²) in [6.45, 7) is 4.02. The van der Waals surface area contributed by atoms with Crippen LogP contribution in [0.4, 0.5) is 0 Å². The second kappa shape index (κ2) is 3.28. The Labute approximate surface area is 47.1 Å². The number of rotatable bonds is 0. The third-order valence-corrected chi connectivity index (χ3v) is 0.468. The molecule has 0 bridgehead atoms. The van der Waals surface area contributed by atoms with Gasteiger partial charge < -0.3 is 0 Å². The van der Waals surface area contributed by atoms with Crippen LogP contribution in [-0.4, -0.2) is 0 Å². The van der Waals surface area contributed by atoms with Gasteiger partial charge in [0.2, 0.25) is 0 Å². The van der Waals surface area contributed by atoms with Crippen LogP contribution in [0.15, 0.2) is 0 Å². The molecular weight excluding hydrogens is 124 g/mol. The molecule has 0 rings (SSSR count). The Morgan fingerprint density at radius 3 is 2.00 bits per heavy atom. The Balaban J connectivity index is 3.20. The zero-order valence-corrected chi connectivity index (χ0v) is 4.82. The van der Waals surface area contributed by atoms with Crippen molar-refractivity contribution in [1.29, 1.82) is 0 Å². The summed E-state index contributed by atoms with van der Waals surface area (Å²) in [5.41, 5.74) is 0. The molecule has 0 aliphatic rings. The minimum atomic E-state index is 0.428. The van der Waals surface area contributed by atoms with Crippen molar-refractivity contribution in [3.8, 4) is 10.7 Å². The molecule has 1 heteroatoms. The quantitative estimate of drug-likeness (QED) is 0.341. The van der Waals surface area contributed by atoms with Gasteiger partial charge in [0.15, 0.2) is 0 Å². The molecule has 0 aliphatic heterocycles. The fourth-order valence-electron chi connectivity index (χ4n) is 0.0870. The molecule has 0 saturated heterocycles. The Morgan fingerprint density at radius 1 is 1.50 bits per heavy atom. The summed E-state index contributed by atoms with van der Waals surface area (Å²) in [5, 5.41) is 0. The van der Waals surface area contributed by atoms with Crippen molar-refractivity contribution in [2.75, 3.05) is 0 Å². The van der Waals surface area contributed by atoms with Crippen LogP contribution in [0.5, 0.6) is 0 Å². The van der Waals surface area contributed by atoms with Crippen LogP contribution in [0.25, 0.3) is 0 Å². The zero-order valence-electron chi connectivity index (χ0n) is 3.88. The third kappa shape index (κ3) is 4.08. The molecule has 0 fully saturated rings. The third-order valence-electron chi connectivity index (χ3n) is 0.332. The molecule has 0 aromatic carbocycles. The molecule has 0 aliphatic carbocycles. The summed E-state index contributed by atoms with van der Waals surface area (Å²) in [7, 11) is 0. The van der Waals surface area contributed by atoms with Gasteiger partial charge >= 0.3 is 46.5 Å². The van der Waals surface area contributed by atoms with Gasteiger partial charge in [-0.1, -0.05) is 0 Å². The molecule has 38 valence electrons. The first kappa shape index (κ1) is 6.08. The maximum absolute atomic E-state index is 4.49. The van der Waals surface area contributed by atoms with E-state index in [1.807, 2.05) is 13.8 Å². The molecule has 0 aromatic heterocycles. The van der Waals surface area contributed by atoms with Gasteiger partial charge in [0.25, 0.3) is 0 Å². The van der Waals surface area contributed by atoms with Gasteiger partial charge in [0.05, 0.1) is 0 Å². The van der Waals surface area contributed by atoms with E-state index in [1.165, 1.54) is 0 Å². The molecule has 0 unspecified atom stereocenters. The normalized spacial score (nSPS) is 7.50. The summed E-state index contributed by atoms with van der Waals surface area (Å²) in [6, 6.07) is 0. The van der Waals surface area contributed by atoms with Crippen LogP contribution in [0.1, 0.15) is 13.8 Å². The first-order chi connectivity index (χ1) is 2.77. The predicted octanol–water partition coefficient (Wildman–Crippen LogP) is 1.15. The Bertz CT molecular complexity index is 73.7. The van der Waals surface area contributed by atoms with Gasteiger partial charge in [0, 0.05) is 0 Å². The van der Waals surface area contributed by atoms with E-state index in [9.17, 15) is 0 Å². The van der Waals surface area contributed by atoms with E-state index in [4.69, 9.17) is 0 Å². The molecule has 6 heavy (non-hydrogen) atoms. The average molecular weight is 131 g/mol. The minimum absolute atomic E-state index is 0.428. The molecule has 0 nitrogen and oxygen atoms in total. The summed E-state index contributed by atoms with van der Waals surface area (Å²) in [5.74, 6) is 3.19. The van der Waals surface area contributed by atoms with E-state index < -0.39 is 0 Å². The average Bonchev–Trinajstić information content (AvgIpc) is 1.35. The van der Waals surface area contributed by atoms with Crippen LogP contribution in [0, 0.1) is 16.7 Å². The van der Waals surface area contributed by atoms with E-state index in [-0.39, 0.29) is 0 Å². The fraction of sp³-hybridized carbons (Fsp3) is 0.600. The zero-order chi connectivity index (χ0) is 4.99. The maximum atomic E-state index is 4.49. The fourth-order valence-corrected chi connectivity index (χ4v) is 0.359. The number of hydrogen-bond acceptors (Lipinski definition) is 0. The van der Waals surface area contributed by atoms with Crippen LogP contribution in [-0.2, 0) is 16.0 Å². The monoisotopic (exact) mass is 130 g/mol. The SMILES string of the molecule is CC(C)C#[C][Cu]. The van der Waals surface area contributed by atoms with Crippen molar-refractivity contribution in [3.63, 3.8) is 0 Å². The Hall–Kier alpha value is 0.0795. The van der Waals surface area contributed by atoms with Gasteiger partial charge in [-0.05, 0) is 0 Å². The summed E-state index contributed by atoms with van der Waals surface area (Å²) in [4.78, 5) is 2.38. The van der Waals surface area contributed by atoms with E-state index in [2.05, 4.69) is 26.8 Å². The van der Waals surface area contributed by atoms with Crippen LogP contribution in [0.3, 0.4) is 0 Å². The predicted molar refractivity (Wildman–Crippen MR) is 22.6 cm³/mol. The summed E-state index contributed by atoms with van der Waals surface area (Å²) >= 11 is 4.49. The Kier molecular flexibility index (Phi) is 3.32. The van der Waals surface area contributed by atoms with Crippen molar-refractivity contribution in [2.24, 2.45) is 5.92 Å². The van der Waals surface area contributed by atoms with Crippen molar-refractivity contribution < 1.29 is 16.0 Å². The standard InChI is InChI=1S/C5H7.Cu/c1-4-5(2)3;/h5H,2-3H3;. The van der Waals surface area contributed by atoms with Crippen molar-refractivity contribution in [1.82, 2.24) is 0 Å². The molecule has 0 amide bonds. The van der Waals surface area contributed by atoms with Crippen LogP contribution >= 0.6 is 0 Å². The van der Waals surface area contributed by atoms with Gasteiger partial charge in [-0.15, -0.1) is 0 Å². The van der Waals surface area contributed by atoms with E-state index >= 15 is 0 Å². The molecule has 0 radical (unpaired) electrons. The number of hydrogen-bond donors (Lipinski definition) is 0. The molecule has 0 aromatic rings. The van der Waals surface area contributed by atoms with Gasteiger partial charge in [-0.3, -0.25) is 0 Å². The topological polar surface area (TPSA) is 0 Å². The van der Waals surface area contributed by atoms with Gasteiger partial charge in [0.1, 0.15) is 0 Å². The summed E-state index contributed by atoms with van der Waals surface area (Å²) in [6.07, 6.45) is 0. The molecule has 0 heterocycles. The molecular formula is C5H7Cu. The van der Waals surface area contributed by atoms with Gasteiger partial charge in [-0.2, -0.15) is 0 Å². The van der Waals surface area contributed by atoms with Crippen molar-refractivity contribution in [3.05, 3.63) is 0 Å². The van der Waals surface area contributed by atoms with E-state index in [0.717, 1.165) is 0 Å². The van der Waals surface area contributed by atoms with Crippen molar-refractivity contribution >= 4 is 0 Å². The van der Waals surface area contributed by atoms with Crippen LogP contribution in [0.2, 0.25) is 0 Å². The Morgan fingerprint density at radius 2 is 2.00 bits per heavy atom. The molecule has 0 spiro atoms. The van der Waals surface area contributed by atoms with Crippen LogP contribution < -0.4 is 0 Å². The first-order valence-electron chi connectivity index (χ1n) is 1.84. The van der Waals surface area contributed by atoms with E-state index in [1.54, 1.807) is 0 Å².